The molecular formula is C20H17F3O. The highest BCUT2D eigenvalue weighted by Gasteiger charge is 2.13. The molecule has 0 heterocycles. The van der Waals surface area contributed by atoms with Crippen LogP contribution in [0.1, 0.15) is 24.5 Å². The maximum absolute atomic E-state index is 13.7. The number of ether oxygens (including phenoxy) is 1. The summed E-state index contributed by atoms with van der Waals surface area (Å²) in [7, 11) is 0. The zero-order valence-corrected chi connectivity index (χ0v) is 13.3. The quantitative estimate of drug-likeness (QED) is 0.538. The number of halogens is 3. The fraction of sp³-hybridized carbons (Fsp3) is 0.200. The molecule has 0 aliphatic rings. The predicted octanol–water partition coefficient (Wildman–Crippen LogP) is 5.79. The standard InChI is InChI=1S/C20H17F3O/c1-2-3-13-4-6-14(7-5-13)12-24-16-8-9-17-15(10-16)11-18(21)20(23)19(17)22/h4-11H,2-3,12H2,1H3. The molecule has 0 saturated heterocycles. The second-order valence-corrected chi connectivity index (χ2v) is 5.72. The maximum atomic E-state index is 13.7. The Morgan fingerprint density at radius 1 is 0.833 bits per heavy atom. The van der Waals surface area contributed by atoms with Gasteiger partial charge in [-0.3, -0.25) is 0 Å². The molecule has 0 unspecified atom stereocenters. The average Bonchev–Trinajstić information content (AvgIpc) is 2.59. The highest BCUT2D eigenvalue weighted by Crippen LogP contribution is 2.27. The van der Waals surface area contributed by atoms with Gasteiger partial charge in [-0.15, -0.1) is 0 Å². The van der Waals surface area contributed by atoms with Crippen LogP contribution in [0, 0.1) is 17.5 Å². The van der Waals surface area contributed by atoms with Crippen molar-refractivity contribution in [3.63, 3.8) is 0 Å². The molecule has 0 fully saturated rings. The second-order valence-electron chi connectivity index (χ2n) is 5.72. The average molecular weight is 330 g/mol. The van der Waals surface area contributed by atoms with Crippen molar-refractivity contribution in [1.82, 2.24) is 0 Å². The molecule has 0 bridgehead atoms. The lowest BCUT2D eigenvalue weighted by Gasteiger charge is -2.09. The molecule has 4 heteroatoms. The first-order chi connectivity index (χ1) is 11.6. The van der Waals surface area contributed by atoms with Crippen LogP contribution in [0.25, 0.3) is 10.8 Å². The topological polar surface area (TPSA) is 9.23 Å². The Balaban J connectivity index is 1.77. The van der Waals surface area contributed by atoms with Crippen molar-refractivity contribution in [3.8, 4) is 5.75 Å². The van der Waals surface area contributed by atoms with Gasteiger partial charge < -0.3 is 4.74 Å². The molecule has 3 rings (SSSR count). The monoisotopic (exact) mass is 330 g/mol. The molecular weight excluding hydrogens is 313 g/mol. The summed E-state index contributed by atoms with van der Waals surface area (Å²) in [5.41, 5.74) is 2.28. The van der Waals surface area contributed by atoms with E-state index in [2.05, 4.69) is 19.1 Å². The van der Waals surface area contributed by atoms with Crippen LogP contribution >= 0.6 is 0 Å². The number of fused-ring (bicyclic) bond motifs is 1. The molecule has 124 valence electrons. The van der Waals surface area contributed by atoms with Crippen LogP contribution in [-0.2, 0) is 13.0 Å². The smallest absolute Gasteiger partial charge is 0.195 e. The lowest BCUT2D eigenvalue weighted by molar-refractivity contribution is 0.306. The third-order valence-corrected chi connectivity index (χ3v) is 3.91. The Kier molecular flexibility index (Phi) is 4.74. The zero-order valence-electron chi connectivity index (χ0n) is 13.3. The largest absolute Gasteiger partial charge is 0.489 e. The van der Waals surface area contributed by atoms with Crippen LogP contribution in [0.4, 0.5) is 13.2 Å². The number of hydrogen-bond donors (Lipinski definition) is 0. The minimum Gasteiger partial charge on any atom is -0.489 e. The molecule has 3 aromatic carbocycles. The Hall–Kier alpha value is -2.49. The van der Waals surface area contributed by atoms with Crippen LogP contribution in [0.15, 0.2) is 48.5 Å². The first-order valence-electron chi connectivity index (χ1n) is 7.86. The van der Waals surface area contributed by atoms with E-state index in [-0.39, 0.29) is 10.8 Å². The Labute approximate surface area is 138 Å². The van der Waals surface area contributed by atoms with Crippen molar-refractivity contribution < 1.29 is 17.9 Å². The third kappa shape index (κ3) is 3.37. The summed E-state index contributed by atoms with van der Waals surface area (Å²) in [5, 5.41) is 0.298. The van der Waals surface area contributed by atoms with Gasteiger partial charge in [-0.25, -0.2) is 13.2 Å². The minimum absolute atomic E-state index is 0.0326. The molecule has 0 saturated carbocycles. The summed E-state index contributed by atoms with van der Waals surface area (Å²) in [6.45, 7) is 2.48. The van der Waals surface area contributed by atoms with Gasteiger partial charge in [0.1, 0.15) is 12.4 Å². The van der Waals surface area contributed by atoms with Crippen molar-refractivity contribution in [2.45, 2.75) is 26.4 Å². The molecule has 0 N–H and O–H groups in total. The van der Waals surface area contributed by atoms with Gasteiger partial charge in [-0.2, -0.15) is 0 Å². The maximum Gasteiger partial charge on any atom is 0.195 e. The molecule has 0 aliphatic carbocycles. The van der Waals surface area contributed by atoms with E-state index in [1.54, 1.807) is 6.07 Å². The van der Waals surface area contributed by atoms with Gasteiger partial charge in [0, 0.05) is 5.39 Å². The molecule has 0 radical (unpaired) electrons. The van der Waals surface area contributed by atoms with E-state index < -0.39 is 17.5 Å². The van der Waals surface area contributed by atoms with Gasteiger partial charge in [0.2, 0.25) is 0 Å². The summed E-state index contributed by atoms with van der Waals surface area (Å²) in [4.78, 5) is 0. The van der Waals surface area contributed by atoms with E-state index in [0.717, 1.165) is 24.5 Å². The van der Waals surface area contributed by atoms with Gasteiger partial charge in [-0.05, 0) is 47.2 Å². The molecule has 3 aromatic rings. The predicted molar refractivity (Wildman–Crippen MR) is 88.6 cm³/mol. The minimum atomic E-state index is -1.46. The number of hydrogen-bond acceptors (Lipinski definition) is 1. The summed E-state index contributed by atoms with van der Waals surface area (Å²) in [6, 6.07) is 13.6. The molecule has 0 aliphatic heterocycles. The van der Waals surface area contributed by atoms with E-state index in [1.165, 1.54) is 17.7 Å². The number of benzene rings is 3. The Morgan fingerprint density at radius 2 is 1.54 bits per heavy atom. The van der Waals surface area contributed by atoms with Crippen LogP contribution in [-0.4, -0.2) is 0 Å². The molecule has 0 aromatic heterocycles. The highest BCUT2D eigenvalue weighted by molar-refractivity contribution is 5.84. The fourth-order valence-corrected chi connectivity index (χ4v) is 2.63. The van der Waals surface area contributed by atoms with E-state index in [4.69, 9.17) is 4.74 Å². The zero-order chi connectivity index (χ0) is 17.1. The van der Waals surface area contributed by atoms with Crippen LogP contribution < -0.4 is 4.74 Å². The van der Waals surface area contributed by atoms with Crippen molar-refractivity contribution in [2.24, 2.45) is 0 Å². The van der Waals surface area contributed by atoms with Gasteiger partial charge >= 0.3 is 0 Å². The van der Waals surface area contributed by atoms with Gasteiger partial charge in [0.15, 0.2) is 17.5 Å². The van der Waals surface area contributed by atoms with Gasteiger partial charge in [0.25, 0.3) is 0 Å². The third-order valence-electron chi connectivity index (χ3n) is 3.91. The SMILES string of the molecule is CCCc1ccc(COc2ccc3c(F)c(F)c(F)cc3c2)cc1. The van der Waals surface area contributed by atoms with Crippen LogP contribution in [0.2, 0.25) is 0 Å². The van der Waals surface area contributed by atoms with Crippen LogP contribution in [0.3, 0.4) is 0 Å². The summed E-state index contributed by atoms with van der Waals surface area (Å²) < 4.78 is 45.9. The number of aryl methyl sites for hydroxylation is 1. The molecule has 24 heavy (non-hydrogen) atoms. The van der Waals surface area contributed by atoms with E-state index in [9.17, 15) is 13.2 Å². The van der Waals surface area contributed by atoms with Gasteiger partial charge in [0.05, 0.1) is 0 Å². The normalized spacial score (nSPS) is 11.0. The van der Waals surface area contributed by atoms with Crippen molar-refractivity contribution in [3.05, 3.63) is 77.1 Å². The number of rotatable bonds is 5. The summed E-state index contributed by atoms with van der Waals surface area (Å²) >= 11 is 0. The van der Waals surface area contributed by atoms with E-state index in [0.29, 0.717) is 12.4 Å². The fourth-order valence-electron chi connectivity index (χ4n) is 2.63. The first kappa shape index (κ1) is 16.4. The molecule has 0 atom stereocenters. The lowest BCUT2D eigenvalue weighted by Crippen LogP contribution is -1.97. The Bertz CT molecular complexity index is 857. The molecule has 1 nitrogen and oxygen atoms in total. The highest BCUT2D eigenvalue weighted by atomic mass is 19.2. The van der Waals surface area contributed by atoms with E-state index in [1.807, 2.05) is 12.1 Å². The molecule has 0 spiro atoms. The first-order valence-corrected chi connectivity index (χ1v) is 7.86. The summed E-state index contributed by atoms with van der Waals surface area (Å²) in [6.07, 6.45) is 2.14. The summed E-state index contributed by atoms with van der Waals surface area (Å²) in [5.74, 6) is -3.36. The lowest BCUT2D eigenvalue weighted by atomic mass is 10.1. The van der Waals surface area contributed by atoms with Crippen LogP contribution in [0.5, 0.6) is 5.75 Å². The Morgan fingerprint density at radius 3 is 2.25 bits per heavy atom. The van der Waals surface area contributed by atoms with Crippen molar-refractivity contribution >= 4 is 10.8 Å². The van der Waals surface area contributed by atoms with Gasteiger partial charge in [-0.1, -0.05) is 37.6 Å². The van der Waals surface area contributed by atoms with Crippen molar-refractivity contribution in [1.29, 1.82) is 0 Å². The molecule has 0 amide bonds. The second kappa shape index (κ2) is 6.95. The van der Waals surface area contributed by atoms with Crippen molar-refractivity contribution in [2.75, 3.05) is 0 Å². The van der Waals surface area contributed by atoms with E-state index >= 15 is 0 Å².